The molecule has 2 saturated heterocycles. The molecule has 1 amide bonds. The Kier molecular flexibility index (Phi) is 5.90. The van der Waals surface area contributed by atoms with Crippen molar-refractivity contribution >= 4 is 5.91 Å². The van der Waals surface area contributed by atoms with Gasteiger partial charge in [-0.2, -0.15) is 0 Å². The molecule has 0 radical (unpaired) electrons. The largest absolute Gasteiger partial charge is 0.377 e. The zero-order valence-corrected chi connectivity index (χ0v) is 14.9. The lowest BCUT2D eigenvalue weighted by atomic mass is 9.78. The van der Waals surface area contributed by atoms with Crippen LogP contribution in [0.2, 0.25) is 0 Å². The monoisotopic (exact) mass is 330 g/mol. The normalized spacial score (nSPS) is 24.9. The molecule has 3 rings (SSSR count). The SMILES string of the molecule is CN1CCC[C@@]2(CCN(CCCCOCc3ccccc3)C2)C1=O. The number of likely N-dealkylation sites (tertiary alicyclic amines) is 2. The Morgan fingerprint density at radius 1 is 1.12 bits per heavy atom. The molecule has 1 aromatic rings. The number of carbonyl (C=O) groups is 1. The van der Waals surface area contributed by atoms with Crippen molar-refractivity contribution in [2.24, 2.45) is 5.41 Å². The van der Waals surface area contributed by atoms with Gasteiger partial charge in [0.15, 0.2) is 0 Å². The minimum absolute atomic E-state index is 0.0726. The minimum atomic E-state index is -0.0726. The van der Waals surface area contributed by atoms with Crippen molar-refractivity contribution in [3.05, 3.63) is 35.9 Å². The molecule has 0 aromatic heterocycles. The number of ether oxygens (including phenoxy) is 1. The van der Waals surface area contributed by atoms with Crippen molar-refractivity contribution in [3.8, 4) is 0 Å². The van der Waals surface area contributed by atoms with E-state index in [0.717, 1.165) is 64.9 Å². The van der Waals surface area contributed by atoms with Crippen LogP contribution in [-0.4, -0.2) is 55.5 Å². The molecular formula is C20H30N2O2. The van der Waals surface area contributed by atoms with Gasteiger partial charge in [0, 0.05) is 26.7 Å². The molecule has 0 bridgehead atoms. The van der Waals surface area contributed by atoms with E-state index in [1.807, 2.05) is 30.1 Å². The molecular weight excluding hydrogens is 300 g/mol. The van der Waals surface area contributed by atoms with Crippen molar-refractivity contribution in [2.75, 3.05) is 39.8 Å². The van der Waals surface area contributed by atoms with Gasteiger partial charge in [-0.1, -0.05) is 30.3 Å². The fourth-order valence-electron chi connectivity index (χ4n) is 4.10. The molecule has 2 heterocycles. The van der Waals surface area contributed by atoms with Gasteiger partial charge in [-0.3, -0.25) is 4.79 Å². The van der Waals surface area contributed by atoms with Gasteiger partial charge in [0.1, 0.15) is 0 Å². The molecule has 0 aliphatic carbocycles. The third-order valence-corrected chi connectivity index (χ3v) is 5.51. The fraction of sp³-hybridized carbons (Fsp3) is 0.650. The number of benzene rings is 1. The quantitative estimate of drug-likeness (QED) is 0.721. The van der Waals surface area contributed by atoms with Crippen LogP contribution in [0.5, 0.6) is 0 Å². The summed E-state index contributed by atoms with van der Waals surface area (Å²) in [4.78, 5) is 16.9. The highest BCUT2D eigenvalue weighted by atomic mass is 16.5. The second-order valence-electron chi connectivity index (χ2n) is 7.38. The van der Waals surface area contributed by atoms with Gasteiger partial charge in [0.2, 0.25) is 5.91 Å². The predicted molar refractivity (Wildman–Crippen MR) is 95.7 cm³/mol. The zero-order chi connectivity index (χ0) is 16.8. The van der Waals surface area contributed by atoms with Gasteiger partial charge in [0.05, 0.1) is 12.0 Å². The van der Waals surface area contributed by atoms with Crippen molar-refractivity contribution in [2.45, 2.75) is 38.7 Å². The molecule has 0 N–H and O–H groups in total. The number of carbonyl (C=O) groups excluding carboxylic acids is 1. The Labute approximate surface area is 145 Å². The summed E-state index contributed by atoms with van der Waals surface area (Å²) < 4.78 is 5.75. The third kappa shape index (κ3) is 4.17. The zero-order valence-electron chi connectivity index (χ0n) is 14.9. The van der Waals surface area contributed by atoms with Gasteiger partial charge in [-0.05, 0) is 50.8 Å². The summed E-state index contributed by atoms with van der Waals surface area (Å²) in [5, 5.41) is 0. The average Bonchev–Trinajstić information content (AvgIpc) is 3.01. The molecule has 2 aliphatic rings. The maximum Gasteiger partial charge on any atom is 0.229 e. The lowest BCUT2D eigenvalue weighted by Gasteiger charge is -2.37. The summed E-state index contributed by atoms with van der Waals surface area (Å²) >= 11 is 0. The molecule has 0 saturated carbocycles. The van der Waals surface area contributed by atoms with E-state index in [0.29, 0.717) is 12.5 Å². The van der Waals surface area contributed by atoms with Crippen LogP contribution in [0, 0.1) is 5.41 Å². The highest BCUT2D eigenvalue weighted by Gasteiger charge is 2.47. The Bertz CT molecular complexity index is 534. The fourth-order valence-corrected chi connectivity index (χ4v) is 4.10. The average molecular weight is 330 g/mol. The summed E-state index contributed by atoms with van der Waals surface area (Å²) in [6, 6.07) is 10.3. The first-order valence-electron chi connectivity index (χ1n) is 9.29. The van der Waals surface area contributed by atoms with Crippen LogP contribution in [0.15, 0.2) is 30.3 Å². The van der Waals surface area contributed by atoms with Crippen molar-refractivity contribution in [1.29, 1.82) is 0 Å². The van der Waals surface area contributed by atoms with Crippen LogP contribution in [0.4, 0.5) is 0 Å². The Balaban J connectivity index is 1.31. The molecule has 1 aromatic carbocycles. The Morgan fingerprint density at radius 2 is 1.96 bits per heavy atom. The Morgan fingerprint density at radius 3 is 2.79 bits per heavy atom. The smallest absolute Gasteiger partial charge is 0.229 e. The van der Waals surface area contributed by atoms with Gasteiger partial charge in [0.25, 0.3) is 0 Å². The third-order valence-electron chi connectivity index (χ3n) is 5.51. The van der Waals surface area contributed by atoms with E-state index in [4.69, 9.17) is 4.74 Å². The van der Waals surface area contributed by atoms with Crippen LogP contribution in [0.1, 0.15) is 37.7 Å². The summed E-state index contributed by atoms with van der Waals surface area (Å²) in [5.41, 5.74) is 1.16. The van der Waals surface area contributed by atoms with Crippen LogP contribution in [-0.2, 0) is 16.1 Å². The van der Waals surface area contributed by atoms with Crippen LogP contribution < -0.4 is 0 Å². The molecule has 1 spiro atoms. The predicted octanol–water partition coefficient (Wildman–Crippen LogP) is 2.93. The second-order valence-corrected chi connectivity index (χ2v) is 7.38. The standard InChI is InChI=1S/C20H30N2O2/c1-21-12-7-10-20(19(21)23)11-14-22(17-20)13-5-6-15-24-16-18-8-3-2-4-9-18/h2-4,8-9H,5-7,10-17H2,1H3/t20-/m0/s1. The van der Waals surface area contributed by atoms with E-state index in [-0.39, 0.29) is 5.41 Å². The van der Waals surface area contributed by atoms with Gasteiger partial charge < -0.3 is 14.5 Å². The van der Waals surface area contributed by atoms with Crippen LogP contribution in [0.3, 0.4) is 0 Å². The molecule has 2 fully saturated rings. The van der Waals surface area contributed by atoms with E-state index in [1.54, 1.807) is 0 Å². The number of hydrogen-bond acceptors (Lipinski definition) is 3. The molecule has 1 atom stereocenters. The first-order chi connectivity index (χ1) is 11.7. The summed E-state index contributed by atoms with van der Waals surface area (Å²) in [7, 11) is 1.95. The topological polar surface area (TPSA) is 32.8 Å². The summed E-state index contributed by atoms with van der Waals surface area (Å²) in [5.74, 6) is 0.377. The number of hydrogen-bond donors (Lipinski definition) is 0. The highest BCUT2D eigenvalue weighted by molar-refractivity contribution is 5.83. The Hall–Kier alpha value is -1.39. The van der Waals surface area contributed by atoms with E-state index in [9.17, 15) is 4.79 Å². The lowest BCUT2D eigenvalue weighted by Crippen LogP contribution is -2.48. The first-order valence-corrected chi connectivity index (χ1v) is 9.29. The number of unbranched alkanes of at least 4 members (excludes halogenated alkanes) is 1. The second kappa shape index (κ2) is 8.13. The highest BCUT2D eigenvalue weighted by Crippen LogP contribution is 2.39. The van der Waals surface area contributed by atoms with Crippen LogP contribution >= 0.6 is 0 Å². The van der Waals surface area contributed by atoms with E-state index >= 15 is 0 Å². The van der Waals surface area contributed by atoms with Crippen LogP contribution in [0.25, 0.3) is 0 Å². The number of amides is 1. The van der Waals surface area contributed by atoms with E-state index < -0.39 is 0 Å². The maximum atomic E-state index is 12.5. The molecule has 4 nitrogen and oxygen atoms in total. The number of piperidine rings is 1. The van der Waals surface area contributed by atoms with Gasteiger partial charge in [-0.25, -0.2) is 0 Å². The van der Waals surface area contributed by atoms with Crippen molar-refractivity contribution in [1.82, 2.24) is 9.80 Å². The molecule has 4 heteroatoms. The molecule has 0 unspecified atom stereocenters. The van der Waals surface area contributed by atoms with E-state index in [2.05, 4.69) is 17.0 Å². The van der Waals surface area contributed by atoms with Crippen molar-refractivity contribution < 1.29 is 9.53 Å². The molecule has 132 valence electrons. The summed E-state index contributed by atoms with van der Waals surface area (Å²) in [6.07, 6.45) is 5.51. The lowest BCUT2D eigenvalue weighted by molar-refractivity contribution is -0.143. The van der Waals surface area contributed by atoms with Gasteiger partial charge >= 0.3 is 0 Å². The van der Waals surface area contributed by atoms with E-state index in [1.165, 1.54) is 5.56 Å². The molecule has 2 aliphatic heterocycles. The number of nitrogens with zero attached hydrogens (tertiary/aromatic N) is 2. The maximum absolute atomic E-state index is 12.5. The minimum Gasteiger partial charge on any atom is -0.377 e. The summed E-state index contributed by atoms with van der Waals surface area (Å²) in [6.45, 7) is 5.57. The van der Waals surface area contributed by atoms with Crippen molar-refractivity contribution in [3.63, 3.8) is 0 Å². The first kappa shape index (κ1) is 17.4. The molecule has 24 heavy (non-hydrogen) atoms. The number of rotatable bonds is 7. The van der Waals surface area contributed by atoms with Gasteiger partial charge in [-0.15, -0.1) is 0 Å².